The van der Waals surface area contributed by atoms with Crippen molar-refractivity contribution in [2.24, 2.45) is 11.3 Å². The highest BCUT2D eigenvalue weighted by Crippen LogP contribution is 2.62. The lowest BCUT2D eigenvalue weighted by Gasteiger charge is -2.63. The van der Waals surface area contributed by atoms with Crippen LogP contribution in [0.25, 0.3) is 0 Å². The molecule has 0 bridgehead atoms. The first kappa shape index (κ1) is 15.4. The van der Waals surface area contributed by atoms with Gasteiger partial charge in [-0.2, -0.15) is 0 Å². The number of urea groups is 1. The van der Waals surface area contributed by atoms with E-state index in [9.17, 15) is 9.90 Å². The molecule has 0 radical (unpaired) electrons. The van der Waals surface area contributed by atoms with Crippen LogP contribution >= 0.6 is 11.3 Å². The Morgan fingerprint density at radius 2 is 2.39 bits per heavy atom. The van der Waals surface area contributed by atoms with Gasteiger partial charge in [-0.1, -0.05) is 12.5 Å². The number of nitrogens with one attached hydrogen (secondary N) is 2. The molecule has 2 saturated carbocycles. The first-order valence-electron chi connectivity index (χ1n) is 8.45. The van der Waals surface area contributed by atoms with Crippen LogP contribution in [0.4, 0.5) is 4.79 Å². The van der Waals surface area contributed by atoms with Crippen molar-refractivity contribution >= 4 is 17.4 Å². The normalized spacial score (nSPS) is 33.2. The predicted octanol–water partition coefficient (Wildman–Crippen LogP) is 2.21. The Labute approximate surface area is 140 Å². The summed E-state index contributed by atoms with van der Waals surface area (Å²) in [5.74, 6) is 0.471. The van der Waals surface area contributed by atoms with Gasteiger partial charge >= 0.3 is 6.03 Å². The molecule has 3 aliphatic rings. The van der Waals surface area contributed by atoms with Gasteiger partial charge in [0.1, 0.15) is 5.60 Å². The van der Waals surface area contributed by atoms with Crippen molar-refractivity contribution in [3.63, 3.8) is 0 Å². The topological polar surface area (TPSA) is 70.6 Å². The summed E-state index contributed by atoms with van der Waals surface area (Å²) in [6.07, 6.45) is 4.96. The molecule has 1 saturated heterocycles. The van der Waals surface area contributed by atoms with Gasteiger partial charge in [-0.05, 0) is 37.6 Å². The minimum atomic E-state index is -1.03. The molecule has 2 amide bonds. The van der Waals surface area contributed by atoms with E-state index in [0.717, 1.165) is 30.7 Å². The number of fused-ring (bicyclic) bond motifs is 2. The lowest BCUT2D eigenvalue weighted by molar-refractivity contribution is -0.172. The molecule has 1 aliphatic heterocycles. The summed E-state index contributed by atoms with van der Waals surface area (Å²) in [6, 6.07) is 3.85. The van der Waals surface area contributed by atoms with Crippen molar-refractivity contribution < 1.29 is 14.6 Å². The molecule has 1 aromatic heterocycles. The Hall–Kier alpha value is -1.11. The maximum Gasteiger partial charge on any atom is 0.315 e. The number of carbonyl (C=O) groups excluding carboxylic acids is 1. The Morgan fingerprint density at radius 1 is 1.57 bits per heavy atom. The third-order valence-corrected chi connectivity index (χ3v) is 7.09. The molecule has 3 N–H and O–H groups in total. The Bertz CT molecular complexity index is 583. The van der Waals surface area contributed by atoms with Gasteiger partial charge in [-0.15, -0.1) is 11.3 Å². The second kappa shape index (κ2) is 5.46. The molecule has 4 rings (SSSR count). The van der Waals surface area contributed by atoms with Crippen LogP contribution < -0.4 is 10.6 Å². The predicted molar refractivity (Wildman–Crippen MR) is 88.3 cm³/mol. The number of rotatable bonds is 4. The number of hydrogen-bond acceptors (Lipinski definition) is 4. The lowest BCUT2D eigenvalue weighted by atomic mass is 9.46. The third kappa shape index (κ3) is 2.39. The van der Waals surface area contributed by atoms with E-state index in [0.29, 0.717) is 12.0 Å². The molecule has 2 heterocycles. The van der Waals surface area contributed by atoms with Crippen LogP contribution in [0, 0.1) is 11.3 Å². The first-order chi connectivity index (χ1) is 11.0. The average Bonchev–Trinajstić information content (AvgIpc) is 3.11. The molecular weight excluding hydrogens is 312 g/mol. The van der Waals surface area contributed by atoms with Crippen molar-refractivity contribution in [2.75, 3.05) is 13.2 Å². The minimum absolute atomic E-state index is 0.177. The Kier molecular flexibility index (Phi) is 3.66. The number of ether oxygens (including phenoxy) is 1. The summed E-state index contributed by atoms with van der Waals surface area (Å²) in [7, 11) is 0. The first-order valence-corrected chi connectivity index (χ1v) is 9.33. The molecule has 3 fully saturated rings. The van der Waals surface area contributed by atoms with Crippen LogP contribution in [0.3, 0.4) is 0 Å². The SMILES string of the molecule is CC(O)(CNC(=O)NC1C2CCOC2C12CCC2)c1cccs1. The van der Waals surface area contributed by atoms with Gasteiger partial charge in [0.2, 0.25) is 0 Å². The largest absolute Gasteiger partial charge is 0.383 e. The van der Waals surface area contributed by atoms with Crippen LogP contribution in [0.1, 0.15) is 37.5 Å². The fraction of sp³-hybridized carbons (Fsp3) is 0.706. The standard InChI is InChI=1S/C17H24N2O3S/c1-16(21,12-4-2-9-23-12)10-18-15(20)19-13-11-5-8-22-14(11)17(13)6-3-7-17/h2,4,9,11,13-14,21H,3,5-8,10H2,1H3,(H2,18,19,20). The van der Waals surface area contributed by atoms with E-state index in [1.165, 1.54) is 17.8 Å². The number of carbonyl (C=O) groups is 1. The van der Waals surface area contributed by atoms with Crippen molar-refractivity contribution in [1.29, 1.82) is 0 Å². The molecule has 4 unspecified atom stereocenters. The van der Waals surface area contributed by atoms with Gasteiger partial charge in [0.05, 0.1) is 12.6 Å². The molecule has 1 spiro atoms. The van der Waals surface area contributed by atoms with Crippen LogP contribution in [-0.4, -0.2) is 36.4 Å². The molecule has 0 aromatic carbocycles. The van der Waals surface area contributed by atoms with Crippen molar-refractivity contribution in [2.45, 2.75) is 50.4 Å². The summed E-state index contributed by atoms with van der Waals surface area (Å²) in [5, 5.41) is 18.4. The molecule has 23 heavy (non-hydrogen) atoms. The summed E-state index contributed by atoms with van der Waals surface area (Å²) in [5.41, 5.74) is -0.840. The maximum absolute atomic E-state index is 12.3. The molecule has 2 aliphatic carbocycles. The molecule has 6 heteroatoms. The van der Waals surface area contributed by atoms with Gasteiger partial charge in [0, 0.05) is 28.9 Å². The van der Waals surface area contributed by atoms with E-state index in [1.54, 1.807) is 6.92 Å². The average molecular weight is 336 g/mol. The molecule has 5 nitrogen and oxygen atoms in total. The van der Waals surface area contributed by atoms with Crippen molar-refractivity contribution in [1.82, 2.24) is 10.6 Å². The monoisotopic (exact) mass is 336 g/mol. The number of hydrogen-bond donors (Lipinski definition) is 3. The lowest BCUT2D eigenvalue weighted by Crippen LogP contribution is -2.72. The highest BCUT2D eigenvalue weighted by atomic mass is 32.1. The Balaban J connectivity index is 1.34. The smallest absolute Gasteiger partial charge is 0.315 e. The van der Waals surface area contributed by atoms with Crippen LogP contribution in [0.2, 0.25) is 0 Å². The molecule has 1 aromatic rings. The van der Waals surface area contributed by atoms with Gasteiger partial charge in [0.15, 0.2) is 0 Å². The van der Waals surface area contributed by atoms with Gasteiger partial charge in [-0.25, -0.2) is 4.79 Å². The van der Waals surface area contributed by atoms with E-state index in [-0.39, 0.29) is 24.0 Å². The zero-order valence-electron chi connectivity index (χ0n) is 13.4. The van der Waals surface area contributed by atoms with E-state index in [1.807, 2.05) is 17.5 Å². The molecule has 4 atom stereocenters. The van der Waals surface area contributed by atoms with Crippen molar-refractivity contribution in [3.05, 3.63) is 22.4 Å². The van der Waals surface area contributed by atoms with Gasteiger partial charge < -0.3 is 20.5 Å². The summed E-state index contributed by atoms with van der Waals surface area (Å²) >= 11 is 1.50. The maximum atomic E-state index is 12.3. The van der Waals surface area contributed by atoms with Crippen LogP contribution in [0.5, 0.6) is 0 Å². The van der Waals surface area contributed by atoms with Crippen LogP contribution in [-0.2, 0) is 10.3 Å². The molecular formula is C17H24N2O3S. The van der Waals surface area contributed by atoms with Gasteiger partial charge in [0.25, 0.3) is 0 Å². The van der Waals surface area contributed by atoms with E-state index in [2.05, 4.69) is 10.6 Å². The van der Waals surface area contributed by atoms with E-state index in [4.69, 9.17) is 4.74 Å². The second-order valence-corrected chi connectivity index (χ2v) is 8.33. The fourth-order valence-electron chi connectivity index (χ4n) is 4.57. The van der Waals surface area contributed by atoms with E-state index < -0.39 is 5.60 Å². The van der Waals surface area contributed by atoms with Crippen molar-refractivity contribution in [3.8, 4) is 0 Å². The zero-order valence-corrected chi connectivity index (χ0v) is 14.2. The van der Waals surface area contributed by atoms with Crippen LogP contribution in [0.15, 0.2) is 17.5 Å². The highest BCUT2D eigenvalue weighted by Gasteiger charge is 2.66. The van der Waals surface area contributed by atoms with Gasteiger partial charge in [-0.3, -0.25) is 0 Å². The second-order valence-electron chi connectivity index (χ2n) is 7.39. The summed E-state index contributed by atoms with van der Waals surface area (Å²) in [4.78, 5) is 13.2. The quantitative estimate of drug-likeness (QED) is 0.789. The Morgan fingerprint density at radius 3 is 3.04 bits per heavy atom. The highest BCUT2D eigenvalue weighted by molar-refractivity contribution is 7.10. The third-order valence-electron chi connectivity index (χ3n) is 5.97. The fourth-order valence-corrected chi connectivity index (χ4v) is 5.36. The number of aliphatic hydroxyl groups is 1. The van der Waals surface area contributed by atoms with E-state index >= 15 is 0 Å². The summed E-state index contributed by atoms with van der Waals surface area (Å²) in [6.45, 7) is 2.77. The number of thiophene rings is 1. The molecule has 126 valence electrons. The number of amides is 2. The zero-order chi connectivity index (χ0) is 16.1. The summed E-state index contributed by atoms with van der Waals surface area (Å²) < 4.78 is 5.87. The minimum Gasteiger partial charge on any atom is -0.383 e.